The number of phenols is 6. The number of ether oxygens (including phenoxy) is 6. The van der Waals surface area contributed by atoms with Gasteiger partial charge in [0.2, 0.25) is 41.2 Å². The Morgan fingerprint density at radius 1 is 0.526 bits per heavy atom. The summed E-state index contributed by atoms with van der Waals surface area (Å²) in [6.45, 7) is 2.94. The zero-order valence-electron chi connectivity index (χ0n) is 50.3. The molecule has 29 nitrogen and oxygen atoms in total. The van der Waals surface area contributed by atoms with E-state index in [0.29, 0.717) is 0 Å². The van der Waals surface area contributed by atoms with Crippen molar-refractivity contribution in [3.05, 3.63) is 166 Å². The predicted molar refractivity (Wildman–Crippen MR) is 327 cm³/mol. The van der Waals surface area contributed by atoms with Gasteiger partial charge in [-0.2, -0.15) is 0 Å². The third kappa shape index (κ3) is 12.4. The quantitative estimate of drug-likeness (QED) is 0.113. The van der Waals surface area contributed by atoms with Gasteiger partial charge in [0, 0.05) is 40.8 Å². The first-order chi connectivity index (χ1) is 45.3. The molecule has 13 atom stereocenters. The summed E-state index contributed by atoms with van der Waals surface area (Å²) in [5, 5.41) is 108. The summed E-state index contributed by atoms with van der Waals surface area (Å²) in [6.07, 6.45) is -7.32. The van der Waals surface area contributed by atoms with Crippen molar-refractivity contribution in [1.82, 2.24) is 31.9 Å². The highest BCUT2D eigenvalue weighted by molar-refractivity contribution is 6.00. The number of aliphatic hydroxyl groups is 2. The summed E-state index contributed by atoms with van der Waals surface area (Å²) in [6, 6.07) is 9.44. The van der Waals surface area contributed by atoms with Crippen LogP contribution in [0.15, 0.2) is 121 Å². The molecule has 7 aliphatic heterocycles. The molecule has 6 amide bonds. The van der Waals surface area contributed by atoms with E-state index in [9.17, 15) is 50.4 Å². The van der Waals surface area contributed by atoms with E-state index in [-0.39, 0.29) is 79.5 Å². The molecule has 29 heteroatoms. The average Bonchev–Trinajstić information content (AvgIpc) is 0.784. The fourth-order valence-corrected chi connectivity index (χ4v) is 11.9. The maximum atomic E-state index is 16.0. The van der Waals surface area contributed by atoms with Crippen LogP contribution < -0.4 is 57.6 Å². The molecule has 7 aromatic rings. The highest BCUT2D eigenvalue weighted by Crippen LogP contribution is 2.48. The molecular weight excluding hydrogens is 1240 g/mol. The molecule has 17 bridgehead atoms. The Kier molecular flexibility index (Phi) is 17.1. The van der Waals surface area contributed by atoms with Crippen LogP contribution in [0.25, 0.3) is 11.1 Å². The van der Waals surface area contributed by atoms with Crippen molar-refractivity contribution >= 4 is 41.4 Å². The number of rotatable bonds is 3. The number of nitrogens with two attached hydrogens (primary N) is 2. The summed E-state index contributed by atoms with van der Waals surface area (Å²) in [4.78, 5) is 106. The van der Waals surface area contributed by atoms with Gasteiger partial charge in [-0.3, -0.25) is 28.8 Å². The summed E-state index contributed by atoms with van der Waals surface area (Å²) in [5.41, 5.74) is 11.1. The standard InChI is InChI=1S/C66H62N8O21/c1-25-41(78)17-31-19-43(25)94-44-18-29(8-15-40(44)77)49(68)60(83)73-54-57(81)27-4-10-34(11-5-27)92-45-20-32-21-46(58(45)82)93-35-12-6-28(7-13-35)59(95-47-24-38(67)56(80)26(2)91-47)55-65(88)72-53(66(89)90-3)37-22-33(75)23-42(79)48(37)36-16-30(9-14-39(36)76)50(61(84)74-55)69-63(86)52(32)70-62(85)51(31)71-64(54)87/h4-23,26,38,47,49-57,59,75-82H,24,67-68H2,1-3H3,(H,69,86)(H,70,85)(H,71,87)(H,72,88)(H,73,83)(H,74,84)/t26-,38+,47+,49+,50+,51-,52+,53-,54+,55-,56-,57+,59+/m0/s1. The molecule has 492 valence electrons. The van der Waals surface area contributed by atoms with Crippen molar-refractivity contribution < 1.29 is 103 Å². The number of aliphatic hydroxyl groups excluding tert-OH is 2. The normalized spacial score (nSPS) is 25.8. The lowest BCUT2D eigenvalue weighted by Gasteiger charge is -2.39. The van der Waals surface area contributed by atoms with Crippen molar-refractivity contribution in [1.29, 1.82) is 0 Å². The molecule has 0 unspecified atom stereocenters. The number of hydrogen-bond acceptors (Lipinski definition) is 23. The van der Waals surface area contributed by atoms with Crippen LogP contribution in [0.3, 0.4) is 0 Å². The third-order valence-electron chi connectivity index (χ3n) is 17.1. The highest BCUT2D eigenvalue weighted by atomic mass is 16.7. The molecule has 0 aromatic heterocycles. The summed E-state index contributed by atoms with van der Waals surface area (Å²) >= 11 is 0. The van der Waals surface area contributed by atoms with Gasteiger partial charge in [0.25, 0.3) is 0 Å². The summed E-state index contributed by atoms with van der Waals surface area (Å²) < 4.78 is 36.6. The highest BCUT2D eigenvalue weighted by Gasteiger charge is 2.45. The number of nitrogens with one attached hydrogen (secondary N) is 6. The maximum Gasteiger partial charge on any atom is 0.333 e. The number of carbonyl (C=O) groups excluding carboxylic acids is 7. The minimum Gasteiger partial charge on any atom is -0.508 e. The molecule has 7 aliphatic rings. The number of fused-ring (bicyclic) bond motifs is 14. The van der Waals surface area contributed by atoms with Gasteiger partial charge in [0.1, 0.15) is 88.7 Å². The van der Waals surface area contributed by atoms with E-state index in [1.807, 2.05) is 0 Å². The number of esters is 1. The van der Waals surface area contributed by atoms with Crippen LogP contribution in [-0.2, 0) is 47.8 Å². The topological polar surface area (TPSA) is 461 Å². The Balaban J connectivity index is 1.08. The number of methoxy groups -OCH3 is 1. The first-order valence-corrected chi connectivity index (χ1v) is 29.6. The summed E-state index contributed by atoms with van der Waals surface area (Å²) in [7, 11) is 0.985. The van der Waals surface area contributed by atoms with Crippen LogP contribution in [0.5, 0.6) is 69.0 Å². The monoisotopic (exact) mass is 1300 g/mol. The molecule has 0 saturated carbocycles. The van der Waals surface area contributed by atoms with Crippen molar-refractivity contribution in [2.24, 2.45) is 11.5 Å². The van der Waals surface area contributed by atoms with E-state index in [0.717, 1.165) is 49.6 Å². The largest absolute Gasteiger partial charge is 0.508 e. The Hall–Kier alpha value is -11.2. The van der Waals surface area contributed by atoms with E-state index in [1.54, 1.807) is 0 Å². The second-order valence-electron chi connectivity index (χ2n) is 23.3. The number of aromatic hydroxyl groups is 6. The minimum atomic E-state index is -2.17. The van der Waals surface area contributed by atoms with Crippen molar-refractivity contribution in [3.63, 3.8) is 0 Å². The molecule has 0 aliphatic carbocycles. The predicted octanol–water partition coefficient (Wildman–Crippen LogP) is 3.41. The minimum absolute atomic E-state index is 0.00324. The zero-order valence-corrected chi connectivity index (χ0v) is 50.3. The molecule has 1 saturated heterocycles. The van der Waals surface area contributed by atoms with Gasteiger partial charge >= 0.3 is 5.97 Å². The average molecular weight is 1300 g/mol. The first-order valence-electron chi connectivity index (χ1n) is 29.6. The second-order valence-corrected chi connectivity index (χ2v) is 23.3. The SMILES string of the molecule is COC(=O)[C@H]1NC(=O)[C@H]2NC(=O)[C@H](NC(=O)[C@@H]3NC(=O)[C@H]4NC(=O)[C@H](NC(=O)[C@H](N)c5ccc(O)c(c5)Oc5cc4cc(O)c5C)[C@H](O)c4ccc(cc4)Oc4cc3cc(c4O)Oc3ccc(cc3)[C@H]2O[C@@H]2C[C@@H](N)[C@@H](O)[C@H](C)O2)c2ccc(O)c(c2)-c2c(O)cc(O)cc21. The zero-order chi connectivity index (χ0) is 67.6. The van der Waals surface area contributed by atoms with Crippen LogP contribution in [0.4, 0.5) is 0 Å². The molecular formula is C66H62N8O21. The van der Waals surface area contributed by atoms with Crippen LogP contribution in [0.2, 0.25) is 0 Å². The smallest absolute Gasteiger partial charge is 0.333 e. The lowest BCUT2D eigenvalue weighted by molar-refractivity contribution is -0.243. The molecule has 14 rings (SSSR count). The van der Waals surface area contributed by atoms with Crippen molar-refractivity contribution in [3.8, 4) is 80.1 Å². The Morgan fingerprint density at radius 3 is 1.71 bits per heavy atom. The molecule has 1 fully saturated rings. The number of amides is 6. The Bertz CT molecular complexity index is 4270. The van der Waals surface area contributed by atoms with Gasteiger partial charge < -0.3 is 113 Å². The second kappa shape index (κ2) is 25.4. The first kappa shape index (κ1) is 63.9. The van der Waals surface area contributed by atoms with E-state index >= 15 is 24.0 Å². The Morgan fingerprint density at radius 2 is 1.06 bits per heavy atom. The lowest BCUT2D eigenvalue weighted by atomic mass is 9.89. The van der Waals surface area contributed by atoms with Gasteiger partial charge in [-0.25, -0.2) is 4.79 Å². The van der Waals surface area contributed by atoms with Crippen LogP contribution in [-0.4, -0.2) is 126 Å². The van der Waals surface area contributed by atoms with E-state index in [2.05, 4.69) is 31.9 Å². The van der Waals surface area contributed by atoms with Gasteiger partial charge in [0.05, 0.1) is 19.3 Å². The van der Waals surface area contributed by atoms with E-state index < -0.39 is 172 Å². The molecule has 7 heterocycles. The number of hydrogen-bond donors (Lipinski definition) is 16. The lowest BCUT2D eigenvalue weighted by Crippen LogP contribution is -2.57. The number of benzene rings is 7. The Labute approximate surface area is 538 Å². The van der Waals surface area contributed by atoms with Gasteiger partial charge in [-0.05, 0) is 126 Å². The van der Waals surface area contributed by atoms with Gasteiger partial charge in [-0.1, -0.05) is 36.4 Å². The molecule has 0 spiro atoms. The number of carbonyl (C=O) groups is 7. The molecule has 95 heavy (non-hydrogen) atoms. The van der Waals surface area contributed by atoms with Gasteiger partial charge in [0.15, 0.2) is 35.3 Å². The fraction of sp³-hybridized carbons (Fsp3) is 0.258. The van der Waals surface area contributed by atoms with Crippen molar-refractivity contribution in [2.45, 2.75) is 99.3 Å². The maximum absolute atomic E-state index is 16.0. The third-order valence-corrected chi connectivity index (χ3v) is 17.1. The van der Waals surface area contributed by atoms with Gasteiger partial charge in [-0.15, -0.1) is 0 Å². The summed E-state index contributed by atoms with van der Waals surface area (Å²) in [5.74, 6) is -13.8. The van der Waals surface area contributed by atoms with Crippen LogP contribution in [0.1, 0.15) is 100 Å². The fourth-order valence-electron chi connectivity index (χ4n) is 11.9. The molecule has 0 radical (unpaired) electrons. The number of phenolic OH excluding ortho intramolecular Hbond substituents is 6. The molecule has 18 N–H and O–H groups in total. The van der Waals surface area contributed by atoms with Crippen molar-refractivity contribution in [2.75, 3.05) is 7.11 Å². The van der Waals surface area contributed by atoms with E-state index in [4.69, 9.17) is 39.9 Å². The molecule has 7 aromatic carbocycles. The van der Waals surface area contributed by atoms with E-state index in [1.165, 1.54) is 92.7 Å². The van der Waals surface area contributed by atoms with Crippen LogP contribution >= 0.6 is 0 Å². The van der Waals surface area contributed by atoms with Crippen LogP contribution in [0, 0.1) is 6.92 Å².